The molecule has 0 heterocycles. The molecule has 0 saturated heterocycles. The average molecular weight is 252 g/mol. The molecule has 102 valence electrons. The Kier molecular flexibility index (Phi) is 10.2. The maximum atomic E-state index is 10.7. The molecular weight excluding hydrogens is 228 g/mol. The highest BCUT2D eigenvalue weighted by Gasteiger charge is 1.97. The predicted octanol–water partition coefficient (Wildman–Crippen LogP) is 3.35. The number of carbonyl (C=O) groups excluding carboxylic acids is 1. The molecular formula is C15H24O3. The molecule has 1 aromatic carbocycles. The first kappa shape index (κ1) is 16.8. The van der Waals surface area contributed by atoms with Crippen LogP contribution < -0.4 is 0 Å². The van der Waals surface area contributed by atoms with Crippen molar-refractivity contribution < 1.29 is 14.3 Å². The molecule has 1 aromatic rings. The summed E-state index contributed by atoms with van der Waals surface area (Å²) in [5, 5.41) is 0. The highest BCUT2D eigenvalue weighted by atomic mass is 16.5. The van der Waals surface area contributed by atoms with E-state index in [9.17, 15) is 4.79 Å². The van der Waals surface area contributed by atoms with Crippen LogP contribution in [0.1, 0.15) is 38.8 Å². The van der Waals surface area contributed by atoms with Crippen molar-refractivity contribution in [2.45, 2.75) is 40.9 Å². The second-order valence-electron chi connectivity index (χ2n) is 3.65. The van der Waals surface area contributed by atoms with E-state index >= 15 is 0 Å². The Hall–Kier alpha value is -1.19. The maximum Gasteiger partial charge on any atom is 0.155 e. The van der Waals surface area contributed by atoms with E-state index in [1.165, 1.54) is 6.92 Å². The predicted molar refractivity (Wildman–Crippen MR) is 73.5 cm³/mol. The van der Waals surface area contributed by atoms with Crippen LogP contribution in [-0.2, 0) is 27.5 Å². The molecule has 0 saturated carbocycles. The van der Waals surface area contributed by atoms with Crippen molar-refractivity contribution in [2.75, 3.05) is 13.2 Å². The number of carbonyl (C=O) groups is 1. The molecule has 0 aliphatic rings. The molecule has 0 unspecified atom stereocenters. The van der Waals surface area contributed by atoms with E-state index in [4.69, 9.17) is 9.47 Å². The highest BCUT2D eigenvalue weighted by Crippen LogP contribution is 2.06. The van der Waals surface area contributed by atoms with Gasteiger partial charge in [-0.25, -0.2) is 0 Å². The zero-order chi connectivity index (χ0) is 13.8. The van der Waals surface area contributed by atoms with Crippen LogP contribution in [0.15, 0.2) is 24.3 Å². The zero-order valence-electron chi connectivity index (χ0n) is 11.9. The van der Waals surface area contributed by atoms with E-state index in [2.05, 4.69) is 0 Å². The fourth-order valence-corrected chi connectivity index (χ4v) is 1.26. The van der Waals surface area contributed by atoms with Gasteiger partial charge >= 0.3 is 0 Å². The molecule has 0 aromatic heterocycles. The lowest BCUT2D eigenvalue weighted by Gasteiger charge is -2.04. The number of ketones is 1. The van der Waals surface area contributed by atoms with Gasteiger partial charge in [0, 0.05) is 6.61 Å². The Balaban J connectivity index is 0.00000137. The number of rotatable bonds is 7. The van der Waals surface area contributed by atoms with Crippen LogP contribution in [-0.4, -0.2) is 19.0 Å². The van der Waals surface area contributed by atoms with Crippen molar-refractivity contribution in [1.82, 2.24) is 0 Å². The van der Waals surface area contributed by atoms with E-state index in [0.29, 0.717) is 13.2 Å². The van der Waals surface area contributed by atoms with Crippen LogP contribution in [0.25, 0.3) is 0 Å². The first-order chi connectivity index (χ1) is 8.72. The summed E-state index contributed by atoms with van der Waals surface area (Å²) < 4.78 is 10.5. The molecule has 0 fully saturated rings. The highest BCUT2D eigenvalue weighted by molar-refractivity contribution is 5.76. The number of Topliss-reactive ketones (excluding diaryl/α,β-unsaturated/α-hetero) is 1. The standard InChI is InChI=1S/C13H18O3.C2H6/c1-3-15-9-12-4-6-13(7-5-12)10-16-8-11(2)14;1-2/h4-7H,3,8-10H2,1-2H3;1-2H3. The van der Waals surface area contributed by atoms with Gasteiger partial charge in [0.2, 0.25) is 0 Å². The molecule has 0 amide bonds. The maximum absolute atomic E-state index is 10.7. The minimum atomic E-state index is 0.0490. The second kappa shape index (κ2) is 10.9. The monoisotopic (exact) mass is 252 g/mol. The molecule has 3 nitrogen and oxygen atoms in total. The first-order valence-corrected chi connectivity index (χ1v) is 6.45. The molecule has 1 rings (SSSR count). The smallest absolute Gasteiger partial charge is 0.155 e. The molecule has 0 bridgehead atoms. The van der Waals surface area contributed by atoms with Crippen molar-refractivity contribution in [3.63, 3.8) is 0 Å². The summed E-state index contributed by atoms with van der Waals surface area (Å²) in [6.07, 6.45) is 0. The Morgan fingerprint density at radius 2 is 1.44 bits per heavy atom. The van der Waals surface area contributed by atoms with Crippen molar-refractivity contribution in [3.05, 3.63) is 35.4 Å². The summed E-state index contributed by atoms with van der Waals surface area (Å²) in [7, 11) is 0. The fourth-order valence-electron chi connectivity index (χ4n) is 1.26. The van der Waals surface area contributed by atoms with Crippen molar-refractivity contribution in [1.29, 1.82) is 0 Å². The van der Waals surface area contributed by atoms with Gasteiger partial charge in [0.25, 0.3) is 0 Å². The number of hydrogen-bond acceptors (Lipinski definition) is 3. The van der Waals surface area contributed by atoms with Gasteiger partial charge in [-0.1, -0.05) is 38.1 Å². The quantitative estimate of drug-likeness (QED) is 0.746. The van der Waals surface area contributed by atoms with E-state index in [-0.39, 0.29) is 12.4 Å². The second-order valence-corrected chi connectivity index (χ2v) is 3.65. The minimum absolute atomic E-state index is 0.0490. The summed E-state index contributed by atoms with van der Waals surface area (Å²) in [5.41, 5.74) is 2.22. The van der Waals surface area contributed by atoms with Crippen molar-refractivity contribution >= 4 is 5.78 Å². The third-order valence-corrected chi connectivity index (χ3v) is 2.07. The molecule has 0 aliphatic heterocycles. The zero-order valence-corrected chi connectivity index (χ0v) is 11.9. The van der Waals surface area contributed by atoms with E-state index < -0.39 is 0 Å². The molecule has 0 N–H and O–H groups in total. The minimum Gasteiger partial charge on any atom is -0.377 e. The fraction of sp³-hybridized carbons (Fsp3) is 0.533. The van der Waals surface area contributed by atoms with Crippen LogP contribution in [0.5, 0.6) is 0 Å². The van der Waals surface area contributed by atoms with Crippen molar-refractivity contribution in [3.8, 4) is 0 Å². The normalized spacial score (nSPS) is 9.56. The molecule has 0 radical (unpaired) electrons. The van der Waals surface area contributed by atoms with Crippen LogP contribution in [0, 0.1) is 0 Å². The third kappa shape index (κ3) is 7.98. The van der Waals surface area contributed by atoms with Crippen LogP contribution in [0.4, 0.5) is 0 Å². The molecule has 0 aliphatic carbocycles. The van der Waals surface area contributed by atoms with Crippen LogP contribution in [0.2, 0.25) is 0 Å². The van der Waals surface area contributed by atoms with E-state index in [0.717, 1.165) is 17.7 Å². The summed E-state index contributed by atoms with van der Waals surface area (Å²) in [5.74, 6) is 0.0490. The average Bonchev–Trinajstić information content (AvgIpc) is 2.40. The SMILES string of the molecule is CC.CCOCc1ccc(COCC(C)=O)cc1. The summed E-state index contributed by atoms with van der Waals surface area (Å²) in [6.45, 7) is 9.53. The number of benzene rings is 1. The van der Waals surface area contributed by atoms with Crippen molar-refractivity contribution in [2.24, 2.45) is 0 Å². The summed E-state index contributed by atoms with van der Waals surface area (Å²) in [4.78, 5) is 10.7. The Bertz CT molecular complexity index is 317. The van der Waals surface area contributed by atoms with Gasteiger partial charge in [-0.2, -0.15) is 0 Å². The van der Waals surface area contributed by atoms with Gasteiger partial charge in [0.05, 0.1) is 13.2 Å². The Morgan fingerprint density at radius 3 is 1.83 bits per heavy atom. The molecule has 3 heteroatoms. The van der Waals surface area contributed by atoms with Gasteiger partial charge in [0.15, 0.2) is 5.78 Å². The number of ether oxygens (including phenoxy) is 2. The first-order valence-electron chi connectivity index (χ1n) is 6.45. The third-order valence-electron chi connectivity index (χ3n) is 2.07. The van der Waals surface area contributed by atoms with Gasteiger partial charge in [-0.05, 0) is 25.0 Å². The summed E-state index contributed by atoms with van der Waals surface area (Å²) >= 11 is 0. The largest absolute Gasteiger partial charge is 0.377 e. The Labute approximate surface area is 110 Å². The van der Waals surface area contributed by atoms with E-state index in [1.54, 1.807) is 0 Å². The van der Waals surface area contributed by atoms with Gasteiger partial charge in [-0.15, -0.1) is 0 Å². The molecule has 18 heavy (non-hydrogen) atoms. The lowest BCUT2D eigenvalue weighted by atomic mass is 10.1. The lowest BCUT2D eigenvalue weighted by Crippen LogP contribution is -2.03. The molecule has 0 spiro atoms. The van der Waals surface area contributed by atoms with Crippen LogP contribution in [0.3, 0.4) is 0 Å². The van der Waals surface area contributed by atoms with Gasteiger partial charge in [-0.3, -0.25) is 4.79 Å². The van der Waals surface area contributed by atoms with Crippen LogP contribution >= 0.6 is 0 Å². The molecule has 0 atom stereocenters. The van der Waals surface area contributed by atoms with Gasteiger partial charge < -0.3 is 9.47 Å². The van der Waals surface area contributed by atoms with E-state index in [1.807, 2.05) is 45.0 Å². The summed E-state index contributed by atoms with van der Waals surface area (Å²) in [6, 6.07) is 8.02. The Morgan fingerprint density at radius 1 is 1.00 bits per heavy atom. The lowest BCUT2D eigenvalue weighted by molar-refractivity contribution is -0.121. The van der Waals surface area contributed by atoms with Gasteiger partial charge in [0.1, 0.15) is 6.61 Å². The number of hydrogen-bond donors (Lipinski definition) is 0. The topological polar surface area (TPSA) is 35.5 Å².